The molecule has 0 spiro atoms. The van der Waals surface area contributed by atoms with Gasteiger partial charge < -0.3 is 9.80 Å². The van der Waals surface area contributed by atoms with E-state index < -0.39 is 6.67 Å². The average Bonchev–Trinajstić information content (AvgIpc) is 2.17. The number of halogens is 1. The van der Waals surface area contributed by atoms with Gasteiger partial charge in [0.25, 0.3) is 5.91 Å². The van der Waals surface area contributed by atoms with E-state index in [0.717, 1.165) is 19.6 Å². The fourth-order valence-corrected chi connectivity index (χ4v) is 1.40. The van der Waals surface area contributed by atoms with Crippen LogP contribution in [0.5, 0.6) is 0 Å². The summed E-state index contributed by atoms with van der Waals surface area (Å²) < 4.78 is 11.9. The van der Waals surface area contributed by atoms with E-state index in [0.29, 0.717) is 13.1 Å². The van der Waals surface area contributed by atoms with Crippen LogP contribution in [-0.4, -0.2) is 55.1 Å². The van der Waals surface area contributed by atoms with Crippen LogP contribution < -0.4 is 0 Å². The molecule has 1 amide bonds. The molecule has 1 heterocycles. The topological polar surface area (TPSA) is 23.6 Å². The number of piperazine rings is 1. The smallest absolute Gasteiger partial charge is 0.254 e. The number of hydrogen-bond acceptors (Lipinski definition) is 2. The maximum absolute atomic E-state index is 11.9. The van der Waals surface area contributed by atoms with Crippen molar-refractivity contribution in [2.24, 2.45) is 0 Å². The fourth-order valence-electron chi connectivity index (χ4n) is 1.40. The van der Waals surface area contributed by atoms with Gasteiger partial charge in [0.15, 0.2) is 6.67 Å². The molecule has 0 saturated carbocycles. The highest BCUT2D eigenvalue weighted by Crippen LogP contribution is 2.01. The molecule has 1 fully saturated rings. The molecule has 70 valence electrons. The van der Waals surface area contributed by atoms with Crippen molar-refractivity contribution in [1.29, 1.82) is 0 Å². The van der Waals surface area contributed by atoms with Gasteiger partial charge in [-0.15, -0.1) is 0 Å². The summed E-state index contributed by atoms with van der Waals surface area (Å²) in [6.07, 6.45) is 0. The van der Waals surface area contributed by atoms with Crippen LogP contribution in [0.25, 0.3) is 0 Å². The Morgan fingerprint density at radius 1 is 1.33 bits per heavy atom. The summed E-state index contributed by atoms with van der Waals surface area (Å²) in [6.45, 7) is 5.36. The van der Waals surface area contributed by atoms with Gasteiger partial charge in [-0.25, -0.2) is 4.39 Å². The zero-order valence-corrected chi connectivity index (χ0v) is 7.42. The summed E-state index contributed by atoms with van der Waals surface area (Å²) >= 11 is 0. The molecule has 0 atom stereocenters. The molecular formula is C8H15FN2O. The minimum atomic E-state index is -0.855. The van der Waals surface area contributed by atoms with Crippen LogP contribution in [0.2, 0.25) is 0 Å². The molecule has 0 aromatic rings. The number of nitrogens with zero attached hydrogens (tertiary/aromatic N) is 2. The lowest BCUT2D eigenvalue weighted by Crippen LogP contribution is -2.48. The minimum Gasteiger partial charge on any atom is -0.338 e. The quantitative estimate of drug-likeness (QED) is 0.593. The lowest BCUT2D eigenvalue weighted by atomic mass is 10.3. The summed E-state index contributed by atoms with van der Waals surface area (Å²) in [7, 11) is 0. The second-order valence-corrected chi connectivity index (χ2v) is 2.95. The van der Waals surface area contributed by atoms with Crippen LogP contribution >= 0.6 is 0 Å². The predicted octanol–water partition coefficient (Wildman–Crippen LogP) is 0.120. The molecule has 0 unspecified atom stereocenters. The molecular weight excluding hydrogens is 159 g/mol. The van der Waals surface area contributed by atoms with Gasteiger partial charge in [0.1, 0.15) is 0 Å². The third-order valence-electron chi connectivity index (χ3n) is 2.29. The van der Waals surface area contributed by atoms with E-state index in [9.17, 15) is 9.18 Å². The van der Waals surface area contributed by atoms with Crippen molar-refractivity contribution in [1.82, 2.24) is 9.80 Å². The summed E-state index contributed by atoms with van der Waals surface area (Å²) in [6, 6.07) is 0. The Kier molecular flexibility index (Phi) is 3.47. The third kappa shape index (κ3) is 2.17. The zero-order valence-electron chi connectivity index (χ0n) is 7.42. The molecule has 0 aliphatic carbocycles. The van der Waals surface area contributed by atoms with Gasteiger partial charge in [0.05, 0.1) is 0 Å². The Balaban J connectivity index is 2.30. The number of rotatable bonds is 2. The summed E-state index contributed by atoms with van der Waals surface area (Å²) in [5, 5.41) is 0. The molecule has 0 aromatic heterocycles. The number of carbonyl (C=O) groups excluding carboxylic acids is 1. The highest BCUT2D eigenvalue weighted by atomic mass is 19.1. The standard InChI is InChI=1S/C8H15FN2O/c1-2-10-3-5-11(6-4-10)8(12)7-9/h2-7H2,1H3. The van der Waals surface area contributed by atoms with Crippen molar-refractivity contribution in [3.05, 3.63) is 0 Å². The van der Waals surface area contributed by atoms with E-state index in [1.54, 1.807) is 4.90 Å². The molecule has 1 aliphatic heterocycles. The largest absolute Gasteiger partial charge is 0.338 e. The Labute approximate surface area is 72.1 Å². The number of hydrogen-bond donors (Lipinski definition) is 0. The second kappa shape index (κ2) is 4.40. The Bertz CT molecular complexity index is 155. The molecule has 1 aliphatic rings. The Morgan fingerprint density at radius 2 is 1.92 bits per heavy atom. The highest BCUT2D eigenvalue weighted by Gasteiger charge is 2.19. The van der Waals surface area contributed by atoms with Gasteiger partial charge in [-0.3, -0.25) is 4.79 Å². The van der Waals surface area contributed by atoms with Crippen LogP contribution in [0.3, 0.4) is 0 Å². The molecule has 0 aromatic carbocycles. The molecule has 0 radical (unpaired) electrons. The van der Waals surface area contributed by atoms with Gasteiger partial charge in [-0.05, 0) is 6.54 Å². The van der Waals surface area contributed by atoms with Crippen molar-refractivity contribution in [3.63, 3.8) is 0 Å². The number of amides is 1. The SMILES string of the molecule is CCN1CCN(C(=O)CF)CC1. The van der Waals surface area contributed by atoms with Gasteiger partial charge in [0, 0.05) is 26.2 Å². The molecule has 0 bridgehead atoms. The number of likely N-dealkylation sites (N-methyl/N-ethyl adjacent to an activating group) is 1. The van der Waals surface area contributed by atoms with Crippen LogP contribution in [0.1, 0.15) is 6.92 Å². The maximum atomic E-state index is 11.9. The van der Waals surface area contributed by atoms with E-state index in [4.69, 9.17) is 0 Å². The fraction of sp³-hybridized carbons (Fsp3) is 0.875. The second-order valence-electron chi connectivity index (χ2n) is 2.95. The van der Waals surface area contributed by atoms with Gasteiger partial charge in [-0.1, -0.05) is 6.92 Å². The van der Waals surface area contributed by atoms with E-state index in [2.05, 4.69) is 11.8 Å². The molecule has 1 rings (SSSR count). The van der Waals surface area contributed by atoms with Gasteiger partial charge >= 0.3 is 0 Å². The van der Waals surface area contributed by atoms with Gasteiger partial charge in [-0.2, -0.15) is 0 Å². The zero-order chi connectivity index (χ0) is 8.97. The highest BCUT2D eigenvalue weighted by molar-refractivity contribution is 5.77. The summed E-state index contributed by atoms with van der Waals surface area (Å²) in [5.74, 6) is -0.370. The van der Waals surface area contributed by atoms with E-state index in [1.165, 1.54) is 0 Å². The van der Waals surface area contributed by atoms with Crippen LogP contribution in [-0.2, 0) is 4.79 Å². The Hall–Kier alpha value is -0.640. The van der Waals surface area contributed by atoms with Crippen molar-refractivity contribution >= 4 is 5.91 Å². The summed E-state index contributed by atoms with van der Waals surface area (Å²) in [4.78, 5) is 14.7. The van der Waals surface area contributed by atoms with E-state index in [1.807, 2.05) is 0 Å². The number of alkyl halides is 1. The van der Waals surface area contributed by atoms with E-state index in [-0.39, 0.29) is 5.91 Å². The molecule has 3 nitrogen and oxygen atoms in total. The van der Waals surface area contributed by atoms with Crippen LogP contribution in [0.15, 0.2) is 0 Å². The molecule has 4 heteroatoms. The monoisotopic (exact) mass is 174 g/mol. The van der Waals surface area contributed by atoms with Crippen molar-refractivity contribution in [2.45, 2.75) is 6.92 Å². The first kappa shape index (κ1) is 9.45. The normalized spacial score (nSPS) is 19.7. The number of carbonyl (C=O) groups is 1. The first-order valence-corrected chi connectivity index (χ1v) is 4.34. The van der Waals surface area contributed by atoms with E-state index >= 15 is 0 Å². The minimum absolute atomic E-state index is 0.370. The van der Waals surface area contributed by atoms with Crippen molar-refractivity contribution < 1.29 is 9.18 Å². The van der Waals surface area contributed by atoms with Crippen LogP contribution in [0, 0.1) is 0 Å². The van der Waals surface area contributed by atoms with Crippen molar-refractivity contribution in [3.8, 4) is 0 Å². The molecule has 1 saturated heterocycles. The van der Waals surface area contributed by atoms with Crippen LogP contribution in [0.4, 0.5) is 4.39 Å². The maximum Gasteiger partial charge on any atom is 0.254 e. The predicted molar refractivity (Wildman–Crippen MR) is 44.7 cm³/mol. The first-order valence-electron chi connectivity index (χ1n) is 4.34. The molecule has 0 N–H and O–H groups in total. The van der Waals surface area contributed by atoms with Gasteiger partial charge in [0.2, 0.25) is 0 Å². The third-order valence-corrected chi connectivity index (χ3v) is 2.29. The average molecular weight is 174 g/mol. The van der Waals surface area contributed by atoms with Crippen molar-refractivity contribution in [2.75, 3.05) is 39.4 Å². The lowest BCUT2D eigenvalue weighted by molar-refractivity contribution is -0.133. The summed E-state index contributed by atoms with van der Waals surface area (Å²) in [5.41, 5.74) is 0. The lowest BCUT2D eigenvalue weighted by Gasteiger charge is -2.33. The Morgan fingerprint density at radius 3 is 2.33 bits per heavy atom. The molecule has 12 heavy (non-hydrogen) atoms. The first-order chi connectivity index (χ1) is 5.77.